The van der Waals surface area contributed by atoms with E-state index in [0.717, 1.165) is 17.7 Å². The monoisotopic (exact) mass is 265 g/mol. The maximum absolute atomic E-state index is 12.3. The third-order valence-corrected chi connectivity index (χ3v) is 4.30. The lowest BCUT2D eigenvalue weighted by molar-refractivity contribution is -0.172. The van der Waals surface area contributed by atoms with Gasteiger partial charge in [0.2, 0.25) is 11.8 Å². The second kappa shape index (κ2) is 4.43. The van der Waals surface area contributed by atoms with Crippen LogP contribution in [0.25, 0.3) is 0 Å². The fraction of sp³-hybridized carbons (Fsp3) is 0.692. The summed E-state index contributed by atoms with van der Waals surface area (Å²) in [5.74, 6) is -2.41. The Labute approximate surface area is 110 Å². The first-order valence-electron chi connectivity index (χ1n) is 6.71. The largest absolute Gasteiger partial charge is 0.392 e. The molecule has 3 fully saturated rings. The van der Waals surface area contributed by atoms with Crippen molar-refractivity contribution in [2.24, 2.45) is 11.8 Å². The normalized spacial score (nSPS) is 35.4. The van der Waals surface area contributed by atoms with Crippen molar-refractivity contribution in [2.75, 3.05) is 0 Å². The first-order valence-corrected chi connectivity index (χ1v) is 6.71. The number of ether oxygens (including phenoxy) is 1. The van der Waals surface area contributed by atoms with Gasteiger partial charge < -0.3 is 4.74 Å². The number of fused-ring (bicyclic) bond motifs is 1. The van der Waals surface area contributed by atoms with Gasteiger partial charge in [-0.25, -0.2) is 4.79 Å². The zero-order valence-electron chi connectivity index (χ0n) is 10.5. The smallest absolute Gasteiger partial charge is 0.337 e. The van der Waals surface area contributed by atoms with Gasteiger partial charge in [-0.15, -0.1) is 0 Å². The second-order valence-corrected chi connectivity index (χ2v) is 5.39. The van der Waals surface area contributed by atoms with E-state index < -0.39 is 18.0 Å². The Morgan fingerprint density at radius 2 is 1.47 bits per heavy atom. The van der Waals surface area contributed by atoms with Gasteiger partial charge in [0.05, 0.1) is 11.8 Å². The fourth-order valence-electron chi connectivity index (χ4n) is 3.33. The van der Waals surface area contributed by atoms with Crippen molar-refractivity contribution in [3.8, 4) is 0 Å². The maximum Gasteiger partial charge on any atom is 0.337 e. The summed E-state index contributed by atoms with van der Waals surface area (Å²) in [6.45, 7) is 0. The molecular formula is C13H15NO5. The minimum Gasteiger partial charge on any atom is -0.392 e. The van der Waals surface area contributed by atoms with Crippen LogP contribution in [0, 0.1) is 11.8 Å². The van der Waals surface area contributed by atoms with Crippen LogP contribution in [0.15, 0.2) is 0 Å². The number of esters is 2. The molecule has 3 aliphatic rings. The molecule has 0 aromatic rings. The van der Waals surface area contributed by atoms with Gasteiger partial charge in [-0.2, -0.15) is 0 Å². The molecule has 3 rings (SSSR count). The number of likely N-dealkylation sites (tertiary alicyclic amines) is 1. The molecule has 6 nitrogen and oxygen atoms in total. The van der Waals surface area contributed by atoms with E-state index in [1.165, 1.54) is 0 Å². The highest BCUT2D eigenvalue weighted by atomic mass is 16.6. The van der Waals surface area contributed by atoms with Crippen molar-refractivity contribution in [1.82, 2.24) is 4.90 Å². The molecule has 3 atom stereocenters. The summed E-state index contributed by atoms with van der Waals surface area (Å²) in [6, 6.07) is -0.900. The molecule has 1 aliphatic carbocycles. The summed E-state index contributed by atoms with van der Waals surface area (Å²) in [7, 11) is 0. The predicted octanol–water partition coefficient (Wildman–Crippen LogP) is 0.394. The van der Waals surface area contributed by atoms with Crippen molar-refractivity contribution >= 4 is 23.8 Å². The number of cyclic esters (lactones) is 2. The zero-order valence-corrected chi connectivity index (χ0v) is 10.5. The molecule has 2 amide bonds. The first kappa shape index (κ1) is 12.3. The summed E-state index contributed by atoms with van der Waals surface area (Å²) in [5, 5.41) is 0. The van der Waals surface area contributed by atoms with Gasteiger partial charge in [-0.1, -0.05) is 12.8 Å². The molecule has 6 heteroatoms. The molecule has 0 bridgehead atoms. The predicted molar refractivity (Wildman–Crippen MR) is 61.4 cm³/mol. The summed E-state index contributed by atoms with van der Waals surface area (Å²) < 4.78 is 4.54. The van der Waals surface area contributed by atoms with E-state index in [1.807, 2.05) is 0 Å². The molecule has 2 heterocycles. The molecule has 2 aliphatic heterocycles. The average molecular weight is 265 g/mol. The molecule has 102 valence electrons. The summed E-state index contributed by atoms with van der Waals surface area (Å²) in [6.07, 6.45) is 3.58. The van der Waals surface area contributed by atoms with Crippen LogP contribution in [0.5, 0.6) is 0 Å². The van der Waals surface area contributed by atoms with Gasteiger partial charge in [-0.3, -0.25) is 19.3 Å². The van der Waals surface area contributed by atoms with Crippen molar-refractivity contribution in [1.29, 1.82) is 0 Å². The lowest BCUT2D eigenvalue weighted by Gasteiger charge is -2.27. The molecule has 1 saturated carbocycles. The minimum atomic E-state index is -0.900. The maximum atomic E-state index is 12.3. The van der Waals surface area contributed by atoms with Crippen molar-refractivity contribution < 1.29 is 23.9 Å². The number of rotatable bonds is 1. The van der Waals surface area contributed by atoms with Crippen LogP contribution < -0.4 is 0 Å². The Morgan fingerprint density at radius 1 is 0.895 bits per heavy atom. The number of amides is 2. The molecule has 0 spiro atoms. The van der Waals surface area contributed by atoms with Gasteiger partial charge in [-0.05, 0) is 19.3 Å². The van der Waals surface area contributed by atoms with E-state index in [1.54, 1.807) is 0 Å². The highest BCUT2D eigenvalue weighted by Crippen LogP contribution is 2.39. The quantitative estimate of drug-likeness (QED) is 0.389. The van der Waals surface area contributed by atoms with Crippen LogP contribution in [-0.4, -0.2) is 34.7 Å². The van der Waals surface area contributed by atoms with E-state index in [9.17, 15) is 19.2 Å². The van der Waals surface area contributed by atoms with Crippen molar-refractivity contribution in [3.05, 3.63) is 0 Å². The van der Waals surface area contributed by atoms with Crippen molar-refractivity contribution in [3.63, 3.8) is 0 Å². The topological polar surface area (TPSA) is 80.8 Å². The van der Waals surface area contributed by atoms with Crippen molar-refractivity contribution in [2.45, 2.75) is 44.6 Å². The highest BCUT2D eigenvalue weighted by Gasteiger charge is 2.53. The summed E-state index contributed by atoms with van der Waals surface area (Å²) in [4.78, 5) is 48.4. The van der Waals surface area contributed by atoms with Crippen LogP contribution in [0.2, 0.25) is 0 Å². The van der Waals surface area contributed by atoms with E-state index in [2.05, 4.69) is 4.74 Å². The lowest BCUT2D eigenvalue weighted by atomic mass is 9.81. The number of hydrogen-bond donors (Lipinski definition) is 0. The van der Waals surface area contributed by atoms with Gasteiger partial charge in [0.25, 0.3) is 0 Å². The van der Waals surface area contributed by atoms with Gasteiger partial charge in [0.1, 0.15) is 6.04 Å². The van der Waals surface area contributed by atoms with E-state index in [0.29, 0.717) is 12.8 Å². The third kappa shape index (κ3) is 1.86. The Hall–Kier alpha value is -1.72. The number of hydrogen-bond acceptors (Lipinski definition) is 5. The van der Waals surface area contributed by atoms with Gasteiger partial charge in [0, 0.05) is 6.42 Å². The number of carbonyl (C=O) groups excluding carboxylic acids is 4. The molecule has 0 radical (unpaired) electrons. The SMILES string of the molecule is O=C1CCC(N2C(=O)C3CCCCC3C2=O)C(=O)O1. The van der Waals surface area contributed by atoms with Crippen LogP contribution in [-0.2, 0) is 23.9 Å². The molecule has 2 saturated heterocycles. The standard InChI is InChI=1S/C13H15NO5/c15-10-6-5-9(13(18)19-10)14-11(16)7-3-1-2-4-8(7)12(14)17/h7-9H,1-6H2. The Kier molecular flexibility index (Phi) is 2.88. The van der Waals surface area contributed by atoms with E-state index in [-0.39, 0.29) is 36.5 Å². The zero-order chi connectivity index (χ0) is 13.6. The molecule has 0 N–H and O–H groups in total. The molecular weight excluding hydrogens is 250 g/mol. The Morgan fingerprint density at radius 3 is 2.00 bits per heavy atom. The Bertz CT molecular complexity index is 448. The minimum absolute atomic E-state index is 0.0722. The lowest BCUT2D eigenvalue weighted by Crippen LogP contribution is -2.49. The number of imide groups is 1. The highest BCUT2D eigenvalue weighted by molar-refractivity contribution is 6.08. The second-order valence-electron chi connectivity index (χ2n) is 5.39. The van der Waals surface area contributed by atoms with Crippen LogP contribution in [0.3, 0.4) is 0 Å². The molecule has 0 aromatic heterocycles. The Balaban J connectivity index is 1.84. The van der Waals surface area contributed by atoms with Crippen LogP contribution in [0.1, 0.15) is 38.5 Å². The number of nitrogens with zero attached hydrogens (tertiary/aromatic N) is 1. The van der Waals surface area contributed by atoms with Gasteiger partial charge in [0.15, 0.2) is 0 Å². The number of carbonyl (C=O) groups is 4. The van der Waals surface area contributed by atoms with Crippen LogP contribution >= 0.6 is 0 Å². The van der Waals surface area contributed by atoms with Crippen LogP contribution in [0.4, 0.5) is 0 Å². The first-order chi connectivity index (χ1) is 9.09. The van der Waals surface area contributed by atoms with E-state index >= 15 is 0 Å². The summed E-state index contributed by atoms with van der Waals surface area (Å²) in [5.41, 5.74) is 0. The average Bonchev–Trinajstić information content (AvgIpc) is 2.64. The molecule has 3 unspecified atom stereocenters. The molecule has 0 aromatic carbocycles. The van der Waals surface area contributed by atoms with Gasteiger partial charge >= 0.3 is 11.9 Å². The third-order valence-electron chi connectivity index (χ3n) is 4.30. The fourth-order valence-corrected chi connectivity index (χ4v) is 3.33. The van der Waals surface area contributed by atoms with E-state index in [4.69, 9.17) is 0 Å². The summed E-state index contributed by atoms with van der Waals surface area (Å²) >= 11 is 0. The molecule has 19 heavy (non-hydrogen) atoms.